The number of sulfonamides is 1. The van der Waals surface area contributed by atoms with Crippen molar-refractivity contribution in [3.05, 3.63) is 88.0 Å². The molecule has 184 valence electrons. The first-order valence-electron chi connectivity index (χ1n) is 11.9. The van der Waals surface area contributed by atoms with Crippen LogP contribution in [0.3, 0.4) is 0 Å². The molecule has 0 spiro atoms. The molecule has 1 fully saturated rings. The Labute approximate surface area is 208 Å². The normalized spacial score (nSPS) is 14.2. The van der Waals surface area contributed by atoms with Gasteiger partial charge in [-0.25, -0.2) is 8.42 Å². The molecule has 1 saturated heterocycles. The number of anilines is 2. The van der Waals surface area contributed by atoms with Crippen molar-refractivity contribution in [2.45, 2.75) is 39.5 Å². The van der Waals surface area contributed by atoms with Gasteiger partial charge in [-0.3, -0.25) is 9.52 Å². The summed E-state index contributed by atoms with van der Waals surface area (Å²) in [6.07, 6.45) is 0. The largest absolute Gasteiger partial charge is 0.368 e. The number of aryl methyl sites for hydroxylation is 4. The zero-order chi connectivity index (χ0) is 25.3. The Kier molecular flexibility index (Phi) is 6.90. The monoisotopic (exact) mass is 491 g/mol. The highest BCUT2D eigenvalue weighted by molar-refractivity contribution is 7.92. The van der Waals surface area contributed by atoms with E-state index in [0.717, 1.165) is 24.2 Å². The molecule has 0 saturated carbocycles. The van der Waals surface area contributed by atoms with Crippen LogP contribution in [0.15, 0.2) is 59.5 Å². The number of amides is 1. The van der Waals surface area contributed by atoms with Crippen LogP contribution in [-0.4, -0.2) is 45.4 Å². The highest BCUT2D eigenvalue weighted by Gasteiger charge is 2.25. The highest BCUT2D eigenvalue weighted by atomic mass is 32.2. The van der Waals surface area contributed by atoms with Gasteiger partial charge >= 0.3 is 0 Å². The standard InChI is InChI=1S/C28H33N3O3S/c1-19-15-20(2)17-25(16-19)29-35(33,34)27-18-24(10-9-22(27)4)28(32)31-13-11-30(12-14-31)26-8-6-7-21(3)23(26)5/h6-10,15-18,29H,11-14H2,1-5H3. The van der Waals surface area contributed by atoms with E-state index in [1.54, 1.807) is 36.1 Å². The number of piperazine rings is 1. The minimum atomic E-state index is -3.85. The minimum Gasteiger partial charge on any atom is -0.368 e. The molecule has 4 rings (SSSR count). The maximum atomic E-state index is 13.3. The lowest BCUT2D eigenvalue weighted by atomic mass is 10.1. The number of hydrogen-bond acceptors (Lipinski definition) is 4. The van der Waals surface area contributed by atoms with E-state index in [-0.39, 0.29) is 10.8 Å². The summed E-state index contributed by atoms with van der Waals surface area (Å²) in [5, 5.41) is 0. The van der Waals surface area contributed by atoms with E-state index in [1.807, 2.05) is 19.9 Å². The third kappa shape index (κ3) is 5.35. The molecule has 1 aliphatic rings. The van der Waals surface area contributed by atoms with E-state index in [4.69, 9.17) is 0 Å². The fourth-order valence-corrected chi connectivity index (χ4v) is 5.99. The Morgan fingerprint density at radius 2 is 1.46 bits per heavy atom. The van der Waals surface area contributed by atoms with Gasteiger partial charge in [-0.1, -0.05) is 24.3 Å². The van der Waals surface area contributed by atoms with E-state index >= 15 is 0 Å². The fourth-order valence-electron chi connectivity index (χ4n) is 4.68. The van der Waals surface area contributed by atoms with Crippen molar-refractivity contribution in [3.63, 3.8) is 0 Å². The Bertz CT molecular complexity index is 1350. The van der Waals surface area contributed by atoms with Crippen molar-refractivity contribution in [1.82, 2.24) is 4.90 Å². The molecule has 0 atom stereocenters. The van der Waals surface area contributed by atoms with Gasteiger partial charge in [0.05, 0.1) is 4.90 Å². The summed E-state index contributed by atoms with van der Waals surface area (Å²) in [5.41, 5.74) is 7.17. The number of rotatable bonds is 5. The maximum Gasteiger partial charge on any atom is 0.262 e. The quantitative estimate of drug-likeness (QED) is 0.546. The second-order valence-corrected chi connectivity index (χ2v) is 11.1. The second-order valence-electron chi connectivity index (χ2n) is 9.46. The molecule has 35 heavy (non-hydrogen) atoms. The van der Waals surface area contributed by atoms with Gasteiger partial charge in [0, 0.05) is 43.1 Å². The maximum absolute atomic E-state index is 13.3. The van der Waals surface area contributed by atoms with Crippen molar-refractivity contribution < 1.29 is 13.2 Å². The summed E-state index contributed by atoms with van der Waals surface area (Å²) in [6.45, 7) is 12.5. The van der Waals surface area contributed by atoms with Crippen molar-refractivity contribution >= 4 is 27.3 Å². The van der Waals surface area contributed by atoms with Crippen LogP contribution in [-0.2, 0) is 10.0 Å². The third-order valence-electron chi connectivity index (χ3n) is 6.68. The van der Waals surface area contributed by atoms with Crippen LogP contribution in [0.5, 0.6) is 0 Å². The van der Waals surface area contributed by atoms with Crippen molar-refractivity contribution in [2.24, 2.45) is 0 Å². The van der Waals surface area contributed by atoms with Gasteiger partial charge in [0.2, 0.25) is 0 Å². The van der Waals surface area contributed by atoms with Crippen LogP contribution < -0.4 is 9.62 Å². The van der Waals surface area contributed by atoms with Crippen molar-refractivity contribution in [3.8, 4) is 0 Å². The molecule has 3 aromatic carbocycles. The molecule has 0 aliphatic carbocycles. The van der Waals surface area contributed by atoms with Gasteiger partial charge in [-0.05, 0) is 92.8 Å². The molecule has 0 unspecified atom stereocenters. The molecule has 3 aromatic rings. The number of nitrogens with one attached hydrogen (secondary N) is 1. The zero-order valence-corrected chi connectivity index (χ0v) is 21.9. The highest BCUT2D eigenvalue weighted by Crippen LogP contribution is 2.26. The molecule has 0 bridgehead atoms. The van der Waals surface area contributed by atoms with Gasteiger partial charge < -0.3 is 9.80 Å². The molecular formula is C28H33N3O3S. The van der Waals surface area contributed by atoms with Crippen molar-refractivity contribution in [2.75, 3.05) is 35.8 Å². The number of benzene rings is 3. The molecule has 1 aliphatic heterocycles. The van der Waals surface area contributed by atoms with Crippen LogP contribution in [0.4, 0.5) is 11.4 Å². The topological polar surface area (TPSA) is 69.7 Å². The number of carbonyl (C=O) groups excluding carboxylic acids is 1. The molecule has 1 heterocycles. The molecule has 0 radical (unpaired) electrons. The van der Waals surface area contributed by atoms with Crippen LogP contribution >= 0.6 is 0 Å². The summed E-state index contributed by atoms with van der Waals surface area (Å²) in [4.78, 5) is 17.5. The first kappa shape index (κ1) is 24.8. The summed E-state index contributed by atoms with van der Waals surface area (Å²) in [5.74, 6) is -0.145. The average molecular weight is 492 g/mol. The lowest BCUT2D eigenvalue weighted by Gasteiger charge is -2.37. The smallest absolute Gasteiger partial charge is 0.262 e. The Morgan fingerprint density at radius 3 is 2.11 bits per heavy atom. The third-order valence-corrected chi connectivity index (χ3v) is 8.21. The van der Waals surface area contributed by atoms with E-state index in [0.29, 0.717) is 29.9 Å². The predicted octanol–water partition coefficient (Wildman–Crippen LogP) is 4.99. The number of nitrogens with zero attached hydrogens (tertiary/aromatic N) is 2. The van der Waals surface area contributed by atoms with E-state index in [9.17, 15) is 13.2 Å². The second kappa shape index (κ2) is 9.74. The van der Waals surface area contributed by atoms with Crippen molar-refractivity contribution in [1.29, 1.82) is 0 Å². The lowest BCUT2D eigenvalue weighted by Crippen LogP contribution is -2.49. The molecular weight excluding hydrogens is 458 g/mol. The zero-order valence-electron chi connectivity index (χ0n) is 21.1. The SMILES string of the molecule is Cc1cc(C)cc(NS(=O)(=O)c2cc(C(=O)N3CCN(c4cccc(C)c4C)CC3)ccc2C)c1. The van der Waals surface area contributed by atoms with Gasteiger partial charge in [0.1, 0.15) is 0 Å². The van der Waals surface area contributed by atoms with Crippen LogP contribution in [0.2, 0.25) is 0 Å². The summed E-state index contributed by atoms with van der Waals surface area (Å²) in [6, 6.07) is 16.8. The van der Waals surface area contributed by atoms with Crippen LogP contribution in [0.1, 0.15) is 38.2 Å². The average Bonchev–Trinajstić information content (AvgIpc) is 2.80. The summed E-state index contributed by atoms with van der Waals surface area (Å²) in [7, 11) is -3.85. The number of hydrogen-bond donors (Lipinski definition) is 1. The molecule has 1 N–H and O–H groups in total. The first-order valence-corrected chi connectivity index (χ1v) is 13.4. The predicted molar refractivity (Wildman–Crippen MR) is 142 cm³/mol. The van der Waals surface area contributed by atoms with E-state index in [1.165, 1.54) is 22.9 Å². The number of carbonyl (C=O) groups is 1. The summed E-state index contributed by atoms with van der Waals surface area (Å²) >= 11 is 0. The van der Waals surface area contributed by atoms with Gasteiger partial charge in [0.25, 0.3) is 15.9 Å². The Hall–Kier alpha value is -3.32. The molecule has 7 heteroatoms. The summed E-state index contributed by atoms with van der Waals surface area (Å²) < 4.78 is 29.1. The Balaban J connectivity index is 1.51. The molecule has 0 aromatic heterocycles. The fraction of sp³-hybridized carbons (Fsp3) is 0.321. The molecule has 1 amide bonds. The van der Waals surface area contributed by atoms with Crippen LogP contribution in [0, 0.1) is 34.6 Å². The van der Waals surface area contributed by atoms with Crippen LogP contribution in [0.25, 0.3) is 0 Å². The lowest BCUT2D eigenvalue weighted by molar-refractivity contribution is 0.0746. The van der Waals surface area contributed by atoms with Gasteiger partial charge in [-0.15, -0.1) is 0 Å². The first-order chi connectivity index (χ1) is 16.5. The molecule has 6 nitrogen and oxygen atoms in total. The van der Waals surface area contributed by atoms with E-state index in [2.05, 4.69) is 41.7 Å². The van der Waals surface area contributed by atoms with E-state index < -0.39 is 10.0 Å². The van der Waals surface area contributed by atoms with Gasteiger partial charge in [-0.2, -0.15) is 0 Å². The minimum absolute atomic E-state index is 0.122. The Morgan fingerprint density at radius 1 is 0.800 bits per heavy atom. The van der Waals surface area contributed by atoms with Gasteiger partial charge in [0.15, 0.2) is 0 Å².